The Kier molecular flexibility index (Phi) is 10.8. The number of aromatic nitrogens is 1. The fourth-order valence-electron chi connectivity index (χ4n) is 2.29. The molecule has 0 aliphatic carbocycles. The molecule has 0 unspecified atom stereocenters. The number of nitrogens with one attached hydrogen (secondary N) is 2. The number of halogens is 3. The minimum Gasteiger partial charge on any atom is -0.356 e. The second-order valence-corrected chi connectivity index (χ2v) is 6.15. The third-order valence-corrected chi connectivity index (χ3v) is 4.18. The fourth-order valence-corrected chi connectivity index (χ4v) is 2.63. The fraction of sp³-hybridized carbons (Fsp3) is 0.333. The first-order valence-electron chi connectivity index (χ1n) is 7.97. The lowest BCUT2D eigenvalue weighted by molar-refractivity contribution is 0.739. The average Bonchev–Trinajstić information content (AvgIpc) is 2.60. The van der Waals surface area contributed by atoms with Crippen LogP contribution in [0, 0.1) is 0 Å². The van der Waals surface area contributed by atoms with Gasteiger partial charge in [0.25, 0.3) is 0 Å². The molecule has 0 bridgehead atoms. The van der Waals surface area contributed by atoms with E-state index in [9.17, 15) is 0 Å². The number of pyridine rings is 1. The van der Waals surface area contributed by atoms with E-state index in [2.05, 4.69) is 26.7 Å². The topological polar surface area (TPSA) is 49.3 Å². The Hall–Kier alpha value is -1.05. The molecule has 136 valence electrons. The zero-order chi connectivity index (χ0) is 17.2. The van der Waals surface area contributed by atoms with Gasteiger partial charge >= 0.3 is 0 Å². The number of guanidine groups is 1. The van der Waals surface area contributed by atoms with Gasteiger partial charge in [-0.3, -0.25) is 4.99 Å². The molecule has 0 fully saturated rings. The van der Waals surface area contributed by atoms with Crippen molar-refractivity contribution in [3.8, 4) is 0 Å². The van der Waals surface area contributed by atoms with Crippen molar-refractivity contribution in [2.75, 3.05) is 20.1 Å². The zero-order valence-electron chi connectivity index (χ0n) is 14.1. The molecule has 7 heteroatoms. The van der Waals surface area contributed by atoms with Crippen LogP contribution in [0.3, 0.4) is 0 Å². The summed E-state index contributed by atoms with van der Waals surface area (Å²) in [5.74, 6) is 0.802. The van der Waals surface area contributed by atoms with E-state index in [4.69, 9.17) is 23.2 Å². The van der Waals surface area contributed by atoms with Crippen molar-refractivity contribution >= 4 is 53.1 Å². The predicted molar refractivity (Wildman–Crippen MR) is 118 cm³/mol. The number of nitrogens with zero attached hydrogens (tertiary/aromatic N) is 2. The SMILES string of the molecule is CN=C(NCCCc1ccccc1Cl)NCCc1ccc(Cl)nc1.I. The summed E-state index contributed by atoms with van der Waals surface area (Å²) < 4.78 is 0. The summed E-state index contributed by atoms with van der Waals surface area (Å²) in [6.07, 6.45) is 4.60. The number of hydrogen-bond donors (Lipinski definition) is 2. The summed E-state index contributed by atoms with van der Waals surface area (Å²) >= 11 is 11.9. The number of benzene rings is 1. The highest BCUT2D eigenvalue weighted by Gasteiger charge is 2.01. The third-order valence-electron chi connectivity index (χ3n) is 3.59. The van der Waals surface area contributed by atoms with Gasteiger partial charge in [0, 0.05) is 31.4 Å². The Morgan fingerprint density at radius 2 is 1.80 bits per heavy atom. The Balaban J connectivity index is 0.00000312. The van der Waals surface area contributed by atoms with Crippen molar-refractivity contribution in [2.45, 2.75) is 19.3 Å². The van der Waals surface area contributed by atoms with Gasteiger partial charge in [0.2, 0.25) is 0 Å². The monoisotopic (exact) mass is 492 g/mol. The maximum Gasteiger partial charge on any atom is 0.190 e. The molecule has 0 saturated heterocycles. The molecule has 1 heterocycles. The molecule has 0 radical (unpaired) electrons. The normalized spacial score (nSPS) is 10.9. The van der Waals surface area contributed by atoms with Crippen LogP contribution in [0.25, 0.3) is 0 Å². The van der Waals surface area contributed by atoms with Gasteiger partial charge in [-0.15, -0.1) is 24.0 Å². The highest BCUT2D eigenvalue weighted by molar-refractivity contribution is 14.0. The van der Waals surface area contributed by atoms with E-state index in [0.29, 0.717) is 5.15 Å². The minimum absolute atomic E-state index is 0. The largest absolute Gasteiger partial charge is 0.356 e. The summed E-state index contributed by atoms with van der Waals surface area (Å²) in [6, 6.07) is 11.7. The van der Waals surface area contributed by atoms with Crippen molar-refractivity contribution in [2.24, 2.45) is 4.99 Å². The van der Waals surface area contributed by atoms with E-state index in [-0.39, 0.29) is 24.0 Å². The van der Waals surface area contributed by atoms with Crippen molar-refractivity contribution in [3.05, 3.63) is 63.9 Å². The molecule has 2 N–H and O–H groups in total. The summed E-state index contributed by atoms with van der Waals surface area (Å²) in [7, 11) is 1.77. The Morgan fingerprint density at radius 1 is 1.04 bits per heavy atom. The molecule has 4 nitrogen and oxygen atoms in total. The molecule has 1 aromatic heterocycles. The molecule has 2 aromatic rings. The number of rotatable bonds is 7. The van der Waals surface area contributed by atoms with Crippen LogP contribution in [0.1, 0.15) is 17.5 Å². The second kappa shape index (κ2) is 12.3. The summed E-state index contributed by atoms with van der Waals surface area (Å²) in [6.45, 7) is 1.63. The van der Waals surface area contributed by atoms with Crippen molar-refractivity contribution in [3.63, 3.8) is 0 Å². The summed E-state index contributed by atoms with van der Waals surface area (Å²) in [4.78, 5) is 8.30. The van der Waals surface area contributed by atoms with Crippen LogP contribution in [0.15, 0.2) is 47.6 Å². The van der Waals surface area contributed by atoms with Gasteiger partial charge < -0.3 is 10.6 Å². The van der Waals surface area contributed by atoms with Gasteiger partial charge in [-0.05, 0) is 42.5 Å². The standard InChI is InChI=1S/C18H22Cl2N4.HI/c1-21-18(23-12-10-14-8-9-17(20)24-13-14)22-11-4-6-15-5-2-3-7-16(15)19;/h2-3,5,7-9,13H,4,6,10-12H2,1H3,(H2,21,22,23);1H. The van der Waals surface area contributed by atoms with E-state index in [1.165, 1.54) is 5.56 Å². The minimum atomic E-state index is 0. The van der Waals surface area contributed by atoms with Crippen molar-refractivity contribution in [1.82, 2.24) is 15.6 Å². The third kappa shape index (κ3) is 8.25. The lowest BCUT2D eigenvalue weighted by Crippen LogP contribution is -2.38. The van der Waals surface area contributed by atoms with Gasteiger partial charge in [-0.25, -0.2) is 4.98 Å². The molecule has 0 aliphatic rings. The van der Waals surface area contributed by atoms with Crippen molar-refractivity contribution in [1.29, 1.82) is 0 Å². The van der Waals surface area contributed by atoms with E-state index in [0.717, 1.165) is 48.9 Å². The van der Waals surface area contributed by atoms with Crippen molar-refractivity contribution < 1.29 is 0 Å². The first-order chi connectivity index (χ1) is 11.7. The average molecular weight is 493 g/mol. The van der Waals surface area contributed by atoms with E-state index >= 15 is 0 Å². The van der Waals surface area contributed by atoms with Crippen LogP contribution < -0.4 is 10.6 Å². The first-order valence-corrected chi connectivity index (χ1v) is 8.73. The number of aliphatic imine (C=N–C) groups is 1. The Labute approximate surface area is 176 Å². The molecular weight excluding hydrogens is 470 g/mol. The van der Waals surface area contributed by atoms with Gasteiger partial charge in [0.15, 0.2) is 5.96 Å². The second-order valence-electron chi connectivity index (χ2n) is 5.36. The van der Waals surface area contributed by atoms with Crippen LogP contribution in [-0.2, 0) is 12.8 Å². The molecule has 0 amide bonds. The summed E-state index contributed by atoms with van der Waals surface area (Å²) in [5.41, 5.74) is 2.32. The van der Waals surface area contributed by atoms with Gasteiger partial charge in [0.1, 0.15) is 5.15 Å². The van der Waals surface area contributed by atoms with Gasteiger partial charge in [-0.2, -0.15) is 0 Å². The highest BCUT2D eigenvalue weighted by atomic mass is 127. The molecule has 1 aromatic carbocycles. The van der Waals surface area contributed by atoms with Crippen LogP contribution in [0.2, 0.25) is 10.2 Å². The molecular formula is C18H23Cl2IN4. The molecule has 0 atom stereocenters. The molecule has 0 aliphatic heterocycles. The maximum absolute atomic E-state index is 6.16. The van der Waals surface area contributed by atoms with E-state index < -0.39 is 0 Å². The van der Waals surface area contributed by atoms with Crippen LogP contribution in [0.5, 0.6) is 0 Å². The number of aryl methyl sites for hydroxylation is 1. The quantitative estimate of drug-likeness (QED) is 0.198. The summed E-state index contributed by atoms with van der Waals surface area (Å²) in [5, 5.41) is 7.95. The van der Waals surface area contributed by atoms with E-state index in [1.54, 1.807) is 19.3 Å². The molecule has 0 spiro atoms. The predicted octanol–water partition coefficient (Wildman–Crippen LogP) is 4.35. The zero-order valence-corrected chi connectivity index (χ0v) is 18.0. The lowest BCUT2D eigenvalue weighted by Gasteiger charge is -2.12. The van der Waals surface area contributed by atoms with Gasteiger partial charge in [0.05, 0.1) is 0 Å². The molecule has 2 rings (SSSR count). The number of hydrogen-bond acceptors (Lipinski definition) is 2. The molecule has 25 heavy (non-hydrogen) atoms. The van der Waals surface area contributed by atoms with Crippen LogP contribution in [0.4, 0.5) is 0 Å². The van der Waals surface area contributed by atoms with Crippen LogP contribution >= 0.6 is 47.2 Å². The smallest absolute Gasteiger partial charge is 0.190 e. The van der Waals surface area contributed by atoms with E-state index in [1.807, 2.05) is 24.3 Å². The Bertz CT molecular complexity index is 662. The molecule has 0 saturated carbocycles. The van der Waals surface area contributed by atoms with Gasteiger partial charge in [-0.1, -0.05) is 47.5 Å². The maximum atomic E-state index is 6.16. The first kappa shape index (κ1) is 22.0. The Morgan fingerprint density at radius 3 is 2.48 bits per heavy atom. The highest BCUT2D eigenvalue weighted by Crippen LogP contribution is 2.16. The van der Waals surface area contributed by atoms with Crippen LogP contribution in [-0.4, -0.2) is 31.1 Å². The lowest BCUT2D eigenvalue weighted by atomic mass is 10.1.